The summed E-state index contributed by atoms with van der Waals surface area (Å²) in [6, 6.07) is 5.83. The highest BCUT2D eigenvalue weighted by Crippen LogP contribution is 2.30. The van der Waals surface area contributed by atoms with Gasteiger partial charge >= 0.3 is 0 Å². The smallest absolute Gasteiger partial charge is 0.120 e. The maximum atomic E-state index is 6.20. The van der Waals surface area contributed by atoms with Crippen molar-refractivity contribution in [2.45, 2.75) is 26.7 Å². The van der Waals surface area contributed by atoms with Crippen LogP contribution < -0.4 is 10.5 Å². The van der Waals surface area contributed by atoms with Crippen molar-refractivity contribution in [3.05, 3.63) is 28.8 Å². The minimum atomic E-state index is 0.187. The van der Waals surface area contributed by atoms with Gasteiger partial charge in [-0.25, -0.2) is 0 Å². The molecular formula is C13H20ClNO. The minimum absolute atomic E-state index is 0.187. The van der Waals surface area contributed by atoms with Gasteiger partial charge < -0.3 is 10.5 Å². The molecule has 0 aliphatic rings. The van der Waals surface area contributed by atoms with E-state index in [9.17, 15) is 0 Å². The van der Waals surface area contributed by atoms with Crippen molar-refractivity contribution in [3.63, 3.8) is 0 Å². The number of hydrogen-bond donors (Lipinski definition) is 1. The molecule has 1 rings (SSSR count). The summed E-state index contributed by atoms with van der Waals surface area (Å²) >= 11 is 6.20. The van der Waals surface area contributed by atoms with Gasteiger partial charge in [0.1, 0.15) is 5.75 Å². The number of benzene rings is 1. The predicted molar refractivity (Wildman–Crippen MR) is 69.2 cm³/mol. The van der Waals surface area contributed by atoms with Crippen molar-refractivity contribution in [2.24, 2.45) is 11.1 Å². The average molecular weight is 242 g/mol. The Hall–Kier alpha value is -0.730. The van der Waals surface area contributed by atoms with E-state index in [0.29, 0.717) is 6.54 Å². The number of methoxy groups -OCH3 is 1. The topological polar surface area (TPSA) is 35.2 Å². The molecule has 2 nitrogen and oxygen atoms in total. The van der Waals surface area contributed by atoms with E-state index in [-0.39, 0.29) is 5.41 Å². The molecule has 0 amide bonds. The molecular weight excluding hydrogens is 222 g/mol. The van der Waals surface area contributed by atoms with Gasteiger partial charge in [0.05, 0.1) is 7.11 Å². The molecule has 1 aromatic carbocycles. The first-order valence-corrected chi connectivity index (χ1v) is 5.89. The molecule has 2 N–H and O–H groups in total. The summed E-state index contributed by atoms with van der Waals surface area (Å²) in [5, 5.41) is 0.768. The van der Waals surface area contributed by atoms with Crippen molar-refractivity contribution in [2.75, 3.05) is 13.7 Å². The fourth-order valence-electron chi connectivity index (χ4n) is 1.79. The van der Waals surface area contributed by atoms with Crippen molar-refractivity contribution >= 4 is 11.6 Å². The molecule has 0 atom stereocenters. The second-order valence-corrected chi connectivity index (χ2v) is 5.24. The molecule has 0 saturated carbocycles. The summed E-state index contributed by atoms with van der Waals surface area (Å²) < 4.78 is 5.12. The first kappa shape index (κ1) is 13.3. The molecule has 3 heteroatoms. The van der Waals surface area contributed by atoms with Gasteiger partial charge in [-0.05, 0) is 42.5 Å². The Balaban J connectivity index is 2.81. The summed E-state index contributed by atoms with van der Waals surface area (Å²) in [7, 11) is 1.64. The van der Waals surface area contributed by atoms with Crippen LogP contribution in [0.4, 0.5) is 0 Å². The highest BCUT2D eigenvalue weighted by atomic mass is 35.5. The number of hydrogen-bond acceptors (Lipinski definition) is 2. The molecule has 0 unspecified atom stereocenters. The molecule has 16 heavy (non-hydrogen) atoms. The third kappa shape index (κ3) is 3.69. The Bertz CT molecular complexity index is 350. The van der Waals surface area contributed by atoms with E-state index in [1.165, 1.54) is 0 Å². The number of halogens is 1. The largest absolute Gasteiger partial charge is 0.497 e. The maximum absolute atomic E-state index is 6.20. The summed E-state index contributed by atoms with van der Waals surface area (Å²) in [6.45, 7) is 5.13. The van der Waals surface area contributed by atoms with Crippen LogP contribution in [0.15, 0.2) is 18.2 Å². The first-order chi connectivity index (χ1) is 7.48. The van der Waals surface area contributed by atoms with E-state index in [4.69, 9.17) is 22.1 Å². The Morgan fingerprint density at radius 1 is 1.38 bits per heavy atom. The van der Waals surface area contributed by atoms with Gasteiger partial charge in [0, 0.05) is 5.02 Å². The standard InChI is InChI=1S/C13H20ClNO/c1-13(2,6-7-15)9-10-4-5-11(16-3)8-12(10)14/h4-5,8H,6-7,9,15H2,1-3H3. The zero-order chi connectivity index (χ0) is 12.2. The third-order valence-electron chi connectivity index (χ3n) is 2.75. The Labute approximate surface area is 103 Å². The molecule has 0 radical (unpaired) electrons. The molecule has 1 aromatic rings. The van der Waals surface area contributed by atoms with E-state index in [0.717, 1.165) is 29.2 Å². The Morgan fingerprint density at radius 2 is 2.06 bits per heavy atom. The fraction of sp³-hybridized carbons (Fsp3) is 0.538. The van der Waals surface area contributed by atoms with Gasteiger partial charge in [-0.15, -0.1) is 0 Å². The van der Waals surface area contributed by atoms with Crippen LogP contribution in [-0.2, 0) is 6.42 Å². The van der Waals surface area contributed by atoms with Gasteiger partial charge in [0.15, 0.2) is 0 Å². The summed E-state index contributed by atoms with van der Waals surface area (Å²) in [6.07, 6.45) is 1.93. The zero-order valence-electron chi connectivity index (χ0n) is 10.2. The zero-order valence-corrected chi connectivity index (χ0v) is 11.0. The van der Waals surface area contributed by atoms with Crippen molar-refractivity contribution in [1.29, 1.82) is 0 Å². The van der Waals surface area contributed by atoms with Crippen LogP contribution in [0.5, 0.6) is 5.75 Å². The van der Waals surface area contributed by atoms with Gasteiger partial charge in [0.25, 0.3) is 0 Å². The Morgan fingerprint density at radius 3 is 2.56 bits per heavy atom. The predicted octanol–water partition coefficient (Wildman–Crippen LogP) is 3.27. The monoisotopic (exact) mass is 241 g/mol. The summed E-state index contributed by atoms with van der Waals surface area (Å²) in [5.74, 6) is 0.797. The van der Waals surface area contributed by atoms with Crippen LogP contribution >= 0.6 is 11.6 Å². The van der Waals surface area contributed by atoms with Crippen LogP contribution in [0.1, 0.15) is 25.8 Å². The Kier molecular flexibility index (Phi) is 4.63. The van der Waals surface area contributed by atoms with Gasteiger partial charge in [0.2, 0.25) is 0 Å². The SMILES string of the molecule is COc1ccc(CC(C)(C)CCN)c(Cl)c1. The molecule has 0 aromatic heterocycles. The molecule has 0 heterocycles. The number of ether oxygens (including phenoxy) is 1. The summed E-state index contributed by atoms with van der Waals surface area (Å²) in [4.78, 5) is 0. The fourth-order valence-corrected chi connectivity index (χ4v) is 2.03. The lowest BCUT2D eigenvalue weighted by molar-refractivity contribution is 0.338. The lowest BCUT2D eigenvalue weighted by atomic mass is 9.83. The maximum Gasteiger partial charge on any atom is 0.120 e. The molecule has 0 aliphatic carbocycles. The molecule has 0 spiro atoms. The molecule has 0 aliphatic heterocycles. The van der Waals surface area contributed by atoms with Crippen molar-refractivity contribution < 1.29 is 4.74 Å². The quantitative estimate of drug-likeness (QED) is 0.859. The molecule has 0 bridgehead atoms. The third-order valence-corrected chi connectivity index (χ3v) is 3.10. The second kappa shape index (κ2) is 5.55. The number of nitrogens with two attached hydrogens (primary N) is 1. The second-order valence-electron chi connectivity index (χ2n) is 4.84. The van der Waals surface area contributed by atoms with Crippen LogP contribution in [0.3, 0.4) is 0 Å². The van der Waals surface area contributed by atoms with Gasteiger partial charge in [-0.1, -0.05) is 31.5 Å². The van der Waals surface area contributed by atoms with E-state index in [2.05, 4.69) is 13.8 Å². The highest BCUT2D eigenvalue weighted by Gasteiger charge is 2.19. The minimum Gasteiger partial charge on any atom is -0.497 e. The summed E-state index contributed by atoms with van der Waals surface area (Å²) in [5.41, 5.74) is 6.94. The van der Waals surface area contributed by atoms with Crippen LogP contribution in [0, 0.1) is 5.41 Å². The van der Waals surface area contributed by atoms with E-state index >= 15 is 0 Å². The first-order valence-electron chi connectivity index (χ1n) is 5.51. The van der Waals surface area contributed by atoms with E-state index in [1.54, 1.807) is 7.11 Å². The van der Waals surface area contributed by atoms with Crippen LogP contribution in [-0.4, -0.2) is 13.7 Å². The number of rotatable bonds is 5. The average Bonchev–Trinajstić information content (AvgIpc) is 2.20. The van der Waals surface area contributed by atoms with Gasteiger partial charge in [-0.3, -0.25) is 0 Å². The van der Waals surface area contributed by atoms with Crippen molar-refractivity contribution in [3.8, 4) is 5.75 Å². The van der Waals surface area contributed by atoms with Gasteiger partial charge in [-0.2, -0.15) is 0 Å². The molecule has 0 saturated heterocycles. The lowest BCUT2D eigenvalue weighted by Crippen LogP contribution is -2.19. The van der Waals surface area contributed by atoms with E-state index in [1.807, 2.05) is 18.2 Å². The van der Waals surface area contributed by atoms with Crippen LogP contribution in [0.2, 0.25) is 5.02 Å². The van der Waals surface area contributed by atoms with Crippen LogP contribution in [0.25, 0.3) is 0 Å². The normalized spacial score (nSPS) is 11.6. The molecule has 0 fully saturated rings. The van der Waals surface area contributed by atoms with Crippen molar-refractivity contribution in [1.82, 2.24) is 0 Å². The highest BCUT2D eigenvalue weighted by molar-refractivity contribution is 6.31. The van der Waals surface area contributed by atoms with E-state index < -0.39 is 0 Å². The lowest BCUT2D eigenvalue weighted by Gasteiger charge is -2.24. The molecule has 90 valence electrons.